The van der Waals surface area contributed by atoms with Gasteiger partial charge in [-0.1, -0.05) is 32.0 Å². The lowest BCUT2D eigenvalue weighted by molar-refractivity contribution is 0.184. The Hall–Kier alpha value is -1.06. The van der Waals surface area contributed by atoms with Crippen LogP contribution in [-0.4, -0.2) is 36.2 Å². The van der Waals surface area contributed by atoms with E-state index in [4.69, 9.17) is 4.74 Å². The summed E-state index contributed by atoms with van der Waals surface area (Å²) < 4.78 is 5.73. The number of benzene rings is 1. The van der Waals surface area contributed by atoms with Gasteiger partial charge in [-0.2, -0.15) is 0 Å². The molecule has 96 valence electrons. The quantitative estimate of drug-likeness (QED) is 0.790. The summed E-state index contributed by atoms with van der Waals surface area (Å²) in [4.78, 5) is 2.31. The van der Waals surface area contributed by atoms with Crippen molar-refractivity contribution in [2.24, 2.45) is 0 Å². The molecule has 0 amide bonds. The summed E-state index contributed by atoms with van der Waals surface area (Å²) in [6.07, 6.45) is -0.486. The zero-order valence-corrected chi connectivity index (χ0v) is 11.0. The Morgan fingerprint density at radius 3 is 2.47 bits per heavy atom. The van der Waals surface area contributed by atoms with E-state index in [1.54, 1.807) is 6.92 Å². The standard InChI is InChI=1S/C14H23NO2/c1-4-15(5-2)10-11-17-14-9-7-6-8-13(14)12(3)16/h6-9,12,16H,4-5,10-11H2,1-3H3/t12-/m1/s1. The van der Waals surface area contributed by atoms with E-state index in [1.165, 1.54) is 0 Å². The smallest absolute Gasteiger partial charge is 0.125 e. The Bertz CT molecular complexity index is 322. The number of ether oxygens (including phenoxy) is 1. The maximum Gasteiger partial charge on any atom is 0.125 e. The molecule has 0 fully saturated rings. The van der Waals surface area contributed by atoms with E-state index in [2.05, 4.69) is 18.7 Å². The number of nitrogens with zero attached hydrogens (tertiary/aromatic N) is 1. The Labute approximate surface area is 104 Å². The molecule has 1 aromatic rings. The third-order valence-electron chi connectivity index (χ3n) is 2.93. The number of hydrogen-bond acceptors (Lipinski definition) is 3. The van der Waals surface area contributed by atoms with E-state index in [0.717, 1.165) is 30.9 Å². The van der Waals surface area contributed by atoms with Gasteiger partial charge in [-0.05, 0) is 26.1 Å². The molecule has 1 N–H and O–H groups in total. The van der Waals surface area contributed by atoms with Crippen molar-refractivity contribution >= 4 is 0 Å². The lowest BCUT2D eigenvalue weighted by Crippen LogP contribution is -2.28. The van der Waals surface area contributed by atoms with Gasteiger partial charge in [0.25, 0.3) is 0 Å². The number of aliphatic hydroxyl groups is 1. The number of hydrogen-bond donors (Lipinski definition) is 1. The molecular weight excluding hydrogens is 214 g/mol. The van der Waals surface area contributed by atoms with Crippen molar-refractivity contribution < 1.29 is 9.84 Å². The molecule has 1 rings (SSSR count). The number of para-hydroxylation sites is 1. The molecule has 0 saturated heterocycles. The second kappa shape index (κ2) is 7.30. The monoisotopic (exact) mass is 237 g/mol. The first kappa shape index (κ1) is 14.0. The van der Waals surface area contributed by atoms with E-state index in [0.29, 0.717) is 6.61 Å². The zero-order chi connectivity index (χ0) is 12.7. The molecule has 0 spiro atoms. The molecule has 0 bridgehead atoms. The molecular formula is C14H23NO2. The molecule has 1 atom stereocenters. The molecule has 3 heteroatoms. The molecule has 0 aliphatic heterocycles. The van der Waals surface area contributed by atoms with Gasteiger partial charge in [-0.3, -0.25) is 0 Å². The molecule has 0 aliphatic rings. The molecule has 0 aliphatic carbocycles. The SMILES string of the molecule is CCN(CC)CCOc1ccccc1[C@@H](C)O. The number of rotatable bonds is 7. The van der Waals surface area contributed by atoms with E-state index in [1.807, 2.05) is 24.3 Å². The van der Waals surface area contributed by atoms with Crippen LogP contribution < -0.4 is 4.74 Å². The highest BCUT2D eigenvalue weighted by atomic mass is 16.5. The highest BCUT2D eigenvalue weighted by molar-refractivity contribution is 5.34. The van der Waals surface area contributed by atoms with Gasteiger partial charge in [0, 0.05) is 12.1 Å². The van der Waals surface area contributed by atoms with Crippen molar-refractivity contribution in [1.29, 1.82) is 0 Å². The highest BCUT2D eigenvalue weighted by Crippen LogP contribution is 2.24. The molecule has 0 aromatic heterocycles. The van der Waals surface area contributed by atoms with Crippen molar-refractivity contribution in [2.75, 3.05) is 26.2 Å². The lowest BCUT2D eigenvalue weighted by atomic mass is 10.1. The molecule has 17 heavy (non-hydrogen) atoms. The predicted molar refractivity (Wildman–Crippen MR) is 70.4 cm³/mol. The molecule has 0 saturated carbocycles. The molecule has 0 unspecified atom stereocenters. The summed E-state index contributed by atoms with van der Waals surface area (Å²) in [6, 6.07) is 7.65. The van der Waals surface area contributed by atoms with Gasteiger partial charge in [0.1, 0.15) is 12.4 Å². The van der Waals surface area contributed by atoms with Crippen LogP contribution in [-0.2, 0) is 0 Å². The lowest BCUT2D eigenvalue weighted by Gasteiger charge is -2.19. The largest absolute Gasteiger partial charge is 0.492 e. The first-order valence-corrected chi connectivity index (χ1v) is 6.31. The third kappa shape index (κ3) is 4.36. The van der Waals surface area contributed by atoms with E-state index in [9.17, 15) is 5.11 Å². The van der Waals surface area contributed by atoms with Gasteiger partial charge in [-0.25, -0.2) is 0 Å². The van der Waals surface area contributed by atoms with Gasteiger partial charge in [0.15, 0.2) is 0 Å². The van der Waals surface area contributed by atoms with Gasteiger partial charge >= 0.3 is 0 Å². The van der Waals surface area contributed by atoms with E-state index in [-0.39, 0.29) is 0 Å². The van der Waals surface area contributed by atoms with Crippen molar-refractivity contribution in [2.45, 2.75) is 26.9 Å². The van der Waals surface area contributed by atoms with Crippen LogP contribution in [0.25, 0.3) is 0 Å². The first-order chi connectivity index (χ1) is 8.19. The summed E-state index contributed by atoms with van der Waals surface area (Å²) >= 11 is 0. The summed E-state index contributed by atoms with van der Waals surface area (Å²) in [5.74, 6) is 0.787. The first-order valence-electron chi connectivity index (χ1n) is 6.31. The van der Waals surface area contributed by atoms with Crippen LogP contribution in [0.3, 0.4) is 0 Å². The average molecular weight is 237 g/mol. The van der Waals surface area contributed by atoms with Crippen LogP contribution in [0.1, 0.15) is 32.4 Å². The van der Waals surface area contributed by atoms with Gasteiger partial charge in [0.05, 0.1) is 6.10 Å². The van der Waals surface area contributed by atoms with Crippen molar-refractivity contribution in [1.82, 2.24) is 4.90 Å². The second-order valence-corrected chi connectivity index (χ2v) is 4.09. The minimum atomic E-state index is -0.486. The number of likely N-dealkylation sites (N-methyl/N-ethyl adjacent to an activating group) is 1. The molecule has 0 heterocycles. The summed E-state index contributed by atoms with van der Waals surface area (Å²) in [5, 5.41) is 9.61. The van der Waals surface area contributed by atoms with E-state index < -0.39 is 6.10 Å². The normalized spacial score (nSPS) is 12.8. The maximum atomic E-state index is 9.61. The molecule has 0 radical (unpaired) electrons. The van der Waals surface area contributed by atoms with Crippen LogP contribution in [0.4, 0.5) is 0 Å². The topological polar surface area (TPSA) is 32.7 Å². The minimum absolute atomic E-state index is 0.486. The Morgan fingerprint density at radius 1 is 1.24 bits per heavy atom. The Morgan fingerprint density at radius 2 is 1.88 bits per heavy atom. The maximum absolute atomic E-state index is 9.61. The summed E-state index contributed by atoms with van der Waals surface area (Å²) in [7, 11) is 0. The Kier molecular flexibility index (Phi) is 6.01. The van der Waals surface area contributed by atoms with E-state index >= 15 is 0 Å². The number of aliphatic hydroxyl groups excluding tert-OH is 1. The zero-order valence-electron chi connectivity index (χ0n) is 11.0. The van der Waals surface area contributed by atoms with Crippen LogP contribution in [0.2, 0.25) is 0 Å². The van der Waals surface area contributed by atoms with Crippen molar-refractivity contribution in [3.8, 4) is 5.75 Å². The minimum Gasteiger partial charge on any atom is -0.492 e. The highest BCUT2D eigenvalue weighted by Gasteiger charge is 2.08. The fourth-order valence-corrected chi connectivity index (χ4v) is 1.78. The summed E-state index contributed by atoms with van der Waals surface area (Å²) in [5.41, 5.74) is 0.854. The predicted octanol–water partition coefficient (Wildman–Crippen LogP) is 2.46. The van der Waals surface area contributed by atoms with Gasteiger partial charge < -0.3 is 14.7 Å². The Balaban J connectivity index is 2.51. The molecule has 3 nitrogen and oxygen atoms in total. The summed E-state index contributed by atoms with van der Waals surface area (Å²) in [6.45, 7) is 9.70. The van der Waals surface area contributed by atoms with Crippen LogP contribution >= 0.6 is 0 Å². The second-order valence-electron chi connectivity index (χ2n) is 4.09. The fraction of sp³-hybridized carbons (Fsp3) is 0.571. The molecule has 1 aromatic carbocycles. The van der Waals surface area contributed by atoms with Crippen molar-refractivity contribution in [3.63, 3.8) is 0 Å². The van der Waals surface area contributed by atoms with Crippen LogP contribution in [0.15, 0.2) is 24.3 Å². The van der Waals surface area contributed by atoms with Crippen LogP contribution in [0, 0.1) is 0 Å². The third-order valence-corrected chi connectivity index (χ3v) is 2.93. The van der Waals surface area contributed by atoms with Crippen molar-refractivity contribution in [3.05, 3.63) is 29.8 Å². The average Bonchev–Trinajstić information content (AvgIpc) is 2.35. The van der Waals surface area contributed by atoms with Gasteiger partial charge in [0.2, 0.25) is 0 Å². The van der Waals surface area contributed by atoms with Gasteiger partial charge in [-0.15, -0.1) is 0 Å². The van der Waals surface area contributed by atoms with Crippen LogP contribution in [0.5, 0.6) is 5.75 Å². The fourth-order valence-electron chi connectivity index (χ4n) is 1.78.